The maximum absolute atomic E-state index is 10.0. The second kappa shape index (κ2) is 9.68. The van der Waals surface area contributed by atoms with Crippen LogP contribution in [0.2, 0.25) is 0 Å². The number of carbonyl (C=O) groups is 1. The number of ketones is 1. The topological polar surface area (TPSA) is 59.5 Å². The zero-order valence-corrected chi connectivity index (χ0v) is 13.8. The van der Waals surface area contributed by atoms with Crippen LogP contribution in [0, 0.1) is 12.6 Å². The van der Waals surface area contributed by atoms with E-state index in [-0.39, 0.29) is 32.6 Å². The van der Waals surface area contributed by atoms with Crippen LogP contribution in [-0.4, -0.2) is 20.7 Å². The summed E-state index contributed by atoms with van der Waals surface area (Å²) >= 11 is 0. The molecule has 2 aromatic rings. The molecule has 0 amide bonds. The van der Waals surface area contributed by atoms with Gasteiger partial charge in [-0.15, -0.1) is 6.07 Å². The number of para-hydroxylation sites is 1. The second-order valence-corrected chi connectivity index (χ2v) is 3.90. The number of aliphatic hydroxyl groups excluding tert-OH is 1. The van der Waals surface area contributed by atoms with Gasteiger partial charge in [0.25, 0.3) is 0 Å². The van der Waals surface area contributed by atoms with Crippen molar-refractivity contribution < 1.29 is 31.0 Å². The van der Waals surface area contributed by atoms with Gasteiger partial charge in [0, 0.05) is 33.3 Å². The fraction of sp³-hybridized carbons (Fsp3) is 0.133. The standard InChI is InChI=1S/C10H6N3.C5H8O2.Pt/c1-11-9-7-12-13(8-9)10-5-3-2-4-6-10;1-4(6)3-5(2)7;/h2-5,7-8H;3,6H,1-2H3;/q-1;;/b;4-3-;. The molecule has 0 fully saturated rings. The van der Waals surface area contributed by atoms with E-state index < -0.39 is 0 Å². The predicted molar refractivity (Wildman–Crippen MR) is 75.7 cm³/mol. The molecule has 0 bridgehead atoms. The fourth-order valence-corrected chi connectivity index (χ4v) is 1.32. The summed E-state index contributed by atoms with van der Waals surface area (Å²) < 4.78 is 1.63. The van der Waals surface area contributed by atoms with Gasteiger partial charge in [-0.25, -0.2) is 4.85 Å². The first-order valence-electron chi connectivity index (χ1n) is 5.80. The van der Waals surface area contributed by atoms with Gasteiger partial charge >= 0.3 is 0 Å². The van der Waals surface area contributed by atoms with Crippen LogP contribution in [0.15, 0.2) is 48.5 Å². The second-order valence-electron chi connectivity index (χ2n) is 3.90. The van der Waals surface area contributed by atoms with Crippen LogP contribution in [0.1, 0.15) is 13.8 Å². The van der Waals surface area contributed by atoms with Crippen LogP contribution in [0.25, 0.3) is 10.5 Å². The smallest absolute Gasteiger partial charge is 0.224 e. The van der Waals surface area contributed by atoms with Crippen molar-refractivity contribution in [2.45, 2.75) is 13.8 Å². The van der Waals surface area contributed by atoms with Gasteiger partial charge in [-0.3, -0.25) is 9.48 Å². The van der Waals surface area contributed by atoms with Crippen molar-refractivity contribution in [1.82, 2.24) is 9.78 Å². The zero-order chi connectivity index (χ0) is 15.0. The van der Waals surface area contributed by atoms with Crippen LogP contribution in [0.4, 0.5) is 5.69 Å². The molecule has 5 nitrogen and oxygen atoms in total. The summed E-state index contributed by atoms with van der Waals surface area (Å²) in [7, 11) is 0. The first-order chi connectivity index (χ1) is 9.52. The van der Waals surface area contributed by atoms with E-state index in [2.05, 4.69) is 16.0 Å². The molecule has 0 aliphatic carbocycles. The average molecular weight is 463 g/mol. The van der Waals surface area contributed by atoms with Gasteiger partial charge in [0.2, 0.25) is 5.69 Å². The number of rotatable bonds is 2. The molecule has 0 aliphatic heterocycles. The summed E-state index contributed by atoms with van der Waals surface area (Å²) in [6.45, 7) is 9.63. The predicted octanol–water partition coefficient (Wildman–Crippen LogP) is 3.26. The first kappa shape index (κ1) is 18.8. The van der Waals surface area contributed by atoms with Crippen LogP contribution in [0.5, 0.6) is 0 Å². The summed E-state index contributed by atoms with van der Waals surface area (Å²) in [5.74, 6) is -0.0625. The van der Waals surface area contributed by atoms with Crippen molar-refractivity contribution >= 4 is 11.5 Å². The van der Waals surface area contributed by atoms with E-state index in [0.29, 0.717) is 5.69 Å². The number of aliphatic hydroxyl groups is 1. The minimum atomic E-state index is -0.125. The number of benzene rings is 1. The van der Waals surface area contributed by atoms with Gasteiger partial charge in [-0.2, -0.15) is 29.4 Å². The minimum Gasteiger partial charge on any atom is -0.512 e. The molecule has 2 rings (SSSR count). The zero-order valence-electron chi connectivity index (χ0n) is 11.6. The summed E-state index contributed by atoms with van der Waals surface area (Å²) in [6.07, 6.45) is 4.38. The number of allylic oxidation sites excluding steroid dienone is 2. The van der Waals surface area contributed by atoms with Crippen molar-refractivity contribution in [3.8, 4) is 5.69 Å². The molecule has 0 unspecified atom stereocenters. The quantitative estimate of drug-likeness (QED) is 0.423. The molecular formula is C15H14N3O2Pt-. The summed E-state index contributed by atoms with van der Waals surface area (Å²) in [4.78, 5) is 13.3. The molecule has 21 heavy (non-hydrogen) atoms. The van der Waals surface area contributed by atoms with E-state index in [1.807, 2.05) is 24.3 Å². The average Bonchev–Trinajstić information content (AvgIpc) is 2.87. The molecule has 112 valence electrons. The summed E-state index contributed by atoms with van der Waals surface area (Å²) in [5.41, 5.74) is 1.38. The van der Waals surface area contributed by atoms with Crippen LogP contribution < -0.4 is 0 Å². The Labute approximate surface area is 138 Å². The number of carbonyl (C=O) groups excluding carboxylic acids is 1. The Balaban J connectivity index is 0.000000436. The van der Waals surface area contributed by atoms with Crippen molar-refractivity contribution in [1.29, 1.82) is 0 Å². The third kappa shape index (κ3) is 7.24. The monoisotopic (exact) mass is 463 g/mol. The molecule has 1 aromatic carbocycles. The maximum atomic E-state index is 10.0. The molecule has 0 aliphatic rings. The van der Waals surface area contributed by atoms with Gasteiger partial charge in [0.1, 0.15) is 0 Å². The minimum absolute atomic E-state index is 0. The number of aromatic nitrogens is 2. The molecule has 6 heteroatoms. The first-order valence-corrected chi connectivity index (χ1v) is 5.80. The Hall–Kier alpha value is -2.18. The third-order valence-corrected chi connectivity index (χ3v) is 2.05. The van der Waals surface area contributed by atoms with Crippen molar-refractivity contribution in [3.05, 3.63) is 66.0 Å². The molecule has 0 saturated heterocycles. The van der Waals surface area contributed by atoms with E-state index in [1.54, 1.807) is 10.9 Å². The third-order valence-electron chi connectivity index (χ3n) is 2.05. The van der Waals surface area contributed by atoms with Crippen LogP contribution in [0.3, 0.4) is 0 Å². The Morgan fingerprint density at radius 3 is 2.57 bits per heavy atom. The Kier molecular flexibility index (Phi) is 8.67. The summed E-state index contributed by atoms with van der Waals surface area (Å²) in [5, 5.41) is 12.4. The van der Waals surface area contributed by atoms with E-state index >= 15 is 0 Å². The number of nitrogens with zero attached hydrogens (tertiary/aromatic N) is 3. The fourth-order valence-electron chi connectivity index (χ4n) is 1.32. The molecular weight excluding hydrogens is 449 g/mol. The number of hydrogen-bond acceptors (Lipinski definition) is 3. The van der Waals surface area contributed by atoms with Crippen LogP contribution >= 0.6 is 0 Å². The van der Waals surface area contributed by atoms with Gasteiger partial charge in [-0.05, 0) is 19.5 Å². The van der Waals surface area contributed by atoms with Gasteiger partial charge in [0.05, 0.1) is 18.5 Å². The largest absolute Gasteiger partial charge is 0.512 e. The van der Waals surface area contributed by atoms with Crippen molar-refractivity contribution in [2.24, 2.45) is 0 Å². The molecule has 0 spiro atoms. The van der Waals surface area contributed by atoms with E-state index in [4.69, 9.17) is 11.7 Å². The molecule has 1 aromatic heterocycles. The van der Waals surface area contributed by atoms with Gasteiger partial charge in [0.15, 0.2) is 5.78 Å². The maximum Gasteiger partial charge on any atom is 0.224 e. The Morgan fingerprint density at radius 1 is 1.48 bits per heavy atom. The van der Waals surface area contributed by atoms with Gasteiger partial charge < -0.3 is 5.11 Å². The summed E-state index contributed by atoms with van der Waals surface area (Å²) in [6, 6.07) is 10.5. The molecule has 0 radical (unpaired) electrons. The normalized spacial score (nSPS) is 9.67. The number of hydrogen-bond donors (Lipinski definition) is 1. The van der Waals surface area contributed by atoms with Crippen LogP contribution in [-0.2, 0) is 25.9 Å². The van der Waals surface area contributed by atoms with Crippen molar-refractivity contribution in [3.63, 3.8) is 0 Å². The molecule has 1 N–H and O–H groups in total. The van der Waals surface area contributed by atoms with E-state index in [1.165, 1.54) is 26.1 Å². The molecule has 1 heterocycles. The molecule has 0 atom stereocenters. The molecule has 0 saturated carbocycles. The SMILES string of the molecule is CC(=O)/C=C(/C)O.[C-]#[N+]c1cnn(-c2[c-]cccc2)c1.[Pt]. The Bertz CT molecular complexity index is 638. The van der Waals surface area contributed by atoms with E-state index in [9.17, 15) is 4.79 Å². The van der Waals surface area contributed by atoms with Crippen molar-refractivity contribution in [2.75, 3.05) is 0 Å². The van der Waals surface area contributed by atoms with E-state index in [0.717, 1.165) is 5.69 Å². The van der Waals surface area contributed by atoms with Gasteiger partial charge in [-0.1, -0.05) is 0 Å². The Morgan fingerprint density at radius 2 is 2.19 bits per heavy atom.